The van der Waals surface area contributed by atoms with Crippen LogP contribution in [-0.4, -0.2) is 53.0 Å². The van der Waals surface area contributed by atoms with Crippen molar-refractivity contribution >= 4 is 23.8 Å². The molecule has 114 valence electrons. The van der Waals surface area contributed by atoms with E-state index in [1.807, 2.05) is 0 Å². The molecule has 1 unspecified atom stereocenters. The van der Waals surface area contributed by atoms with Gasteiger partial charge in [0.25, 0.3) is 0 Å². The topological polar surface area (TPSA) is 156 Å². The average molecular weight is 288 g/mol. The van der Waals surface area contributed by atoms with Gasteiger partial charge in [-0.25, -0.2) is 9.59 Å². The third-order valence-electron chi connectivity index (χ3n) is 2.36. The van der Waals surface area contributed by atoms with E-state index < -0.39 is 48.4 Å². The molecule has 4 amide bonds. The fourth-order valence-corrected chi connectivity index (χ4v) is 1.44. The highest BCUT2D eigenvalue weighted by molar-refractivity contribution is 5.89. The van der Waals surface area contributed by atoms with Crippen LogP contribution >= 0.6 is 0 Å². The van der Waals surface area contributed by atoms with Crippen LogP contribution in [-0.2, 0) is 14.4 Å². The van der Waals surface area contributed by atoms with E-state index in [0.29, 0.717) is 0 Å². The van der Waals surface area contributed by atoms with Crippen LogP contribution in [0, 0.1) is 5.41 Å². The quantitative estimate of drug-likeness (QED) is 0.466. The van der Waals surface area contributed by atoms with E-state index in [4.69, 9.17) is 16.6 Å². The van der Waals surface area contributed by atoms with Gasteiger partial charge in [0.1, 0.15) is 19.1 Å². The highest BCUT2D eigenvalue weighted by atomic mass is 16.4. The van der Waals surface area contributed by atoms with Crippen molar-refractivity contribution in [3.05, 3.63) is 0 Å². The van der Waals surface area contributed by atoms with E-state index in [0.717, 1.165) is 4.90 Å². The Morgan fingerprint density at radius 1 is 1.10 bits per heavy atom. The van der Waals surface area contributed by atoms with Crippen LogP contribution in [0.5, 0.6) is 0 Å². The number of nitrogens with one attached hydrogen (secondary N) is 1. The predicted molar refractivity (Wildman–Crippen MR) is 69.4 cm³/mol. The van der Waals surface area contributed by atoms with Crippen molar-refractivity contribution < 1.29 is 24.3 Å². The Labute approximate surface area is 116 Å². The summed E-state index contributed by atoms with van der Waals surface area (Å²) < 4.78 is 0. The minimum atomic E-state index is -1.23. The van der Waals surface area contributed by atoms with Gasteiger partial charge in [0, 0.05) is 0 Å². The van der Waals surface area contributed by atoms with Crippen LogP contribution in [0.3, 0.4) is 0 Å². The van der Waals surface area contributed by atoms with E-state index in [2.05, 4.69) is 5.32 Å². The predicted octanol–water partition coefficient (Wildman–Crippen LogP) is -1.53. The molecule has 0 rings (SSSR count). The Bertz CT molecular complexity index is 400. The minimum absolute atomic E-state index is 0.536. The smallest absolute Gasteiger partial charge is 0.326 e. The van der Waals surface area contributed by atoms with Crippen molar-refractivity contribution in [2.24, 2.45) is 16.9 Å². The van der Waals surface area contributed by atoms with E-state index in [-0.39, 0.29) is 0 Å². The molecule has 0 aliphatic rings. The van der Waals surface area contributed by atoms with Crippen molar-refractivity contribution in [2.45, 2.75) is 26.8 Å². The molecule has 0 aliphatic heterocycles. The highest BCUT2D eigenvalue weighted by Gasteiger charge is 2.34. The highest BCUT2D eigenvalue weighted by Crippen LogP contribution is 2.19. The molecule has 0 aromatic heterocycles. The summed E-state index contributed by atoms with van der Waals surface area (Å²) in [4.78, 5) is 45.5. The van der Waals surface area contributed by atoms with Crippen LogP contribution in [0.1, 0.15) is 20.8 Å². The fraction of sp³-hybridized carbons (Fsp3) is 0.636. The summed E-state index contributed by atoms with van der Waals surface area (Å²) in [6.07, 6.45) is 0. The maximum Gasteiger partial charge on any atom is 0.326 e. The number of amides is 4. The molecule has 0 fully saturated rings. The average Bonchev–Trinajstić information content (AvgIpc) is 2.20. The summed E-state index contributed by atoms with van der Waals surface area (Å²) >= 11 is 0. The minimum Gasteiger partial charge on any atom is -0.480 e. The summed E-state index contributed by atoms with van der Waals surface area (Å²) in [7, 11) is 0. The van der Waals surface area contributed by atoms with Gasteiger partial charge in [-0.15, -0.1) is 0 Å². The first-order valence-corrected chi connectivity index (χ1v) is 5.80. The van der Waals surface area contributed by atoms with Gasteiger partial charge >= 0.3 is 12.0 Å². The zero-order valence-corrected chi connectivity index (χ0v) is 11.7. The normalized spacial score (nSPS) is 12.3. The summed E-state index contributed by atoms with van der Waals surface area (Å²) in [5.74, 6) is -2.92. The van der Waals surface area contributed by atoms with Gasteiger partial charge < -0.3 is 26.8 Å². The van der Waals surface area contributed by atoms with E-state index in [9.17, 15) is 19.2 Å². The lowest BCUT2D eigenvalue weighted by Crippen LogP contribution is -2.55. The lowest BCUT2D eigenvalue weighted by atomic mass is 9.87. The maximum absolute atomic E-state index is 11.9. The second-order valence-electron chi connectivity index (χ2n) is 5.38. The molecular formula is C11H20N4O5. The molecule has 0 aromatic rings. The van der Waals surface area contributed by atoms with E-state index >= 15 is 0 Å². The van der Waals surface area contributed by atoms with Gasteiger partial charge in [-0.1, -0.05) is 20.8 Å². The van der Waals surface area contributed by atoms with Gasteiger partial charge in [-0.05, 0) is 5.41 Å². The third kappa shape index (κ3) is 6.03. The maximum atomic E-state index is 11.9. The number of hydrogen-bond donors (Lipinski definition) is 4. The summed E-state index contributed by atoms with van der Waals surface area (Å²) in [6.45, 7) is 3.80. The number of urea groups is 1. The van der Waals surface area contributed by atoms with E-state index in [1.54, 1.807) is 20.8 Å². The Kier molecular flexibility index (Phi) is 5.95. The van der Waals surface area contributed by atoms with E-state index in [1.165, 1.54) is 0 Å². The van der Waals surface area contributed by atoms with Crippen LogP contribution in [0.25, 0.3) is 0 Å². The van der Waals surface area contributed by atoms with Crippen molar-refractivity contribution in [3.63, 3.8) is 0 Å². The van der Waals surface area contributed by atoms with Gasteiger partial charge in [0.2, 0.25) is 11.8 Å². The number of nitrogens with zero attached hydrogens (tertiary/aromatic N) is 1. The number of primary amides is 2. The molecule has 0 saturated heterocycles. The fourth-order valence-electron chi connectivity index (χ4n) is 1.44. The number of rotatable bonds is 6. The largest absolute Gasteiger partial charge is 0.480 e. The van der Waals surface area contributed by atoms with Crippen LogP contribution in [0.4, 0.5) is 4.79 Å². The first-order valence-electron chi connectivity index (χ1n) is 5.80. The van der Waals surface area contributed by atoms with Gasteiger partial charge in [0.05, 0.1) is 0 Å². The molecule has 1 atom stereocenters. The van der Waals surface area contributed by atoms with Gasteiger partial charge in [0.15, 0.2) is 0 Å². The first-order chi connectivity index (χ1) is 8.95. The Hall–Kier alpha value is -2.32. The lowest BCUT2D eigenvalue weighted by molar-refractivity contribution is -0.142. The Morgan fingerprint density at radius 3 is 1.75 bits per heavy atom. The summed E-state index contributed by atoms with van der Waals surface area (Å²) in [5, 5.41) is 11.3. The number of carboxylic acids is 1. The van der Waals surface area contributed by atoms with Crippen molar-refractivity contribution in [3.8, 4) is 0 Å². The number of carbonyl (C=O) groups excluding carboxylic acids is 3. The molecule has 0 bridgehead atoms. The van der Waals surface area contributed by atoms with Gasteiger partial charge in [-0.2, -0.15) is 0 Å². The molecular weight excluding hydrogens is 268 g/mol. The van der Waals surface area contributed by atoms with Crippen molar-refractivity contribution in [1.29, 1.82) is 0 Å². The summed E-state index contributed by atoms with van der Waals surface area (Å²) in [6, 6.07) is -2.09. The molecule has 0 spiro atoms. The lowest BCUT2D eigenvalue weighted by Gasteiger charge is -2.30. The monoisotopic (exact) mass is 288 g/mol. The molecule has 0 radical (unpaired) electrons. The molecule has 9 nitrogen and oxygen atoms in total. The van der Waals surface area contributed by atoms with Crippen LogP contribution in [0.2, 0.25) is 0 Å². The standard InChI is InChI=1S/C11H20N4O5/c1-11(2,3)8(9(18)19)14-10(20)15(4-6(12)16)5-7(13)17/h8H,4-5H2,1-3H3,(H2,12,16)(H2,13,17)(H,14,20)(H,18,19). The SMILES string of the molecule is CC(C)(C)C(NC(=O)N(CC(N)=O)CC(N)=O)C(=O)O. The molecule has 0 heterocycles. The second-order valence-corrected chi connectivity index (χ2v) is 5.38. The number of nitrogens with two attached hydrogens (primary N) is 2. The Morgan fingerprint density at radius 2 is 1.50 bits per heavy atom. The number of hydrogen-bond acceptors (Lipinski definition) is 4. The molecule has 0 saturated carbocycles. The molecule has 6 N–H and O–H groups in total. The Balaban J connectivity index is 5.01. The number of carboxylic acid groups (broad SMARTS) is 1. The molecule has 0 aromatic carbocycles. The molecule has 0 aliphatic carbocycles. The van der Waals surface area contributed by atoms with Gasteiger partial charge in [-0.3, -0.25) is 9.59 Å². The first kappa shape index (κ1) is 17.7. The van der Waals surface area contributed by atoms with Crippen LogP contribution < -0.4 is 16.8 Å². The van der Waals surface area contributed by atoms with Crippen LogP contribution in [0.15, 0.2) is 0 Å². The van der Waals surface area contributed by atoms with Crippen molar-refractivity contribution in [1.82, 2.24) is 10.2 Å². The summed E-state index contributed by atoms with van der Waals surface area (Å²) in [5.41, 5.74) is 9.15. The number of carbonyl (C=O) groups is 4. The van der Waals surface area contributed by atoms with Crippen molar-refractivity contribution in [2.75, 3.05) is 13.1 Å². The third-order valence-corrected chi connectivity index (χ3v) is 2.36. The second kappa shape index (κ2) is 6.73. The number of aliphatic carboxylic acids is 1. The molecule has 9 heteroatoms. The molecule has 20 heavy (non-hydrogen) atoms. The zero-order valence-electron chi connectivity index (χ0n) is 11.7. The zero-order chi connectivity index (χ0) is 16.1.